The maximum absolute atomic E-state index is 10.5. The van der Waals surface area contributed by atoms with Gasteiger partial charge in [-0.3, -0.25) is 4.99 Å². The summed E-state index contributed by atoms with van der Waals surface area (Å²) in [6, 6.07) is 0.356. The summed E-state index contributed by atoms with van der Waals surface area (Å²) in [4.78, 5) is 4.65. The van der Waals surface area contributed by atoms with Gasteiger partial charge in [-0.1, -0.05) is 27.2 Å². The van der Waals surface area contributed by atoms with Crippen molar-refractivity contribution in [3.8, 4) is 0 Å². The summed E-state index contributed by atoms with van der Waals surface area (Å²) in [6.07, 6.45) is 4.47. The zero-order valence-electron chi connectivity index (χ0n) is 15.7. The summed E-state index contributed by atoms with van der Waals surface area (Å²) in [5, 5.41) is 17.3. The highest BCUT2D eigenvalue weighted by Gasteiger charge is 2.49. The van der Waals surface area contributed by atoms with Gasteiger partial charge < -0.3 is 20.5 Å². The number of guanidine groups is 1. The van der Waals surface area contributed by atoms with E-state index < -0.39 is 5.60 Å². The molecule has 1 aliphatic carbocycles. The molecule has 0 aromatic heterocycles. The van der Waals surface area contributed by atoms with Crippen LogP contribution in [0.5, 0.6) is 0 Å². The molecule has 140 valence electrons. The van der Waals surface area contributed by atoms with Gasteiger partial charge in [0.1, 0.15) is 0 Å². The van der Waals surface area contributed by atoms with E-state index >= 15 is 0 Å². The molecule has 0 radical (unpaired) electrons. The SMILES string of the molecule is CCCCOC1CC(NC(=NCC2(O)CCSC2)NCC)C1(C)C. The lowest BCUT2D eigenvalue weighted by Crippen LogP contribution is -2.63. The maximum Gasteiger partial charge on any atom is 0.191 e. The van der Waals surface area contributed by atoms with Crippen LogP contribution in [0.1, 0.15) is 53.4 Å². The normalized spacial score (nSPS) is 32.5. The van der Waals surface area contributed by atoms with E-state index in [2.05, 4.69) is 43.3 Å². The molecule has 3 N–H and O–H groups in total. The second kappa shape index (κ2) is 8.77. The second-order valence-electron chi connectivity index (χ2n) is 7.69. The summed E-state index contributed by atoms with van der Waals surface area (Å²) in [5.41, 5.74) is -0.530. The second-order valence-corrected chi connectivity index (χ2v) is 8.79. The number of thioether (sulfide) groups is 1. The van der Waals surface area contributed by atoms with Crippen LogP contribution in [0.2, 0.25) is 0 Å². The molecular weight excluding hydrogens is 322 g/mol. The number of aliphatic hydroxyl groups is 1. The first-order valence-corrected chi connectivity index (χ1v) is 10.5. The van der Waals surface area contributed by atoms with Crippen LogP contribution in [-0.2, 0) is 4.74 Å². The number of nitrogens with one attached hydrogen (secondary N) is 2. The van der Waals surface area contributed by atoms with Gasteiger partial charge in [-0.25, -0.2) is 0 Å². The molecule has 3 atom stereocenters. The first kappa shape index (κ1) is 19.9. The number of aliphatic imine (C=N–C) groups is 1. The quantitative estimate of drug-likeness (QED) is 0.354. The van der Waals surface area contributed by atoms with Crippen molar-refractivity contribution in [3.05, 3.63) is 0 Å². The zero-order chi connectivity index (χ0) is 17.6. The molecule has 0 amide bonds. The van der Waals surface area contributed by atoms with E-state index in [1.807, 2.05) is 11.8 Å². The summed E-state index contributed by atoms with van der Waals surface area (Å²) in [5.74, 6) is 2.63. The van der Waals surface area contributed by atoms with Crippen molar-refractivity contribution < 1.29 is 9.84 Å². The molecule has 2 rings (SSSR count). The Hall–Kier alpha value is -0.460. The molecule has 24 heavy (non-hydrogen) atoms. The summed E-state index contributed by atoms with van der Waals surface area (Å²) >= 11 is 1.81. The Morgan fingerprint density at radius 1 is 1.38 bits per heavy atom. The number of nitrogens with zero attached hydrogens (tertiary/aromatic N) is 1. The number of unbranched alkanes of at least 4 members (excludes halogenated alkanes) is 1. The van der Waals surface area contributed by atoms with Crippen molar-refractivity contribution in [3.63, 3.8) is 0 Å². The fourth-order valence-corrected chi connectivity index (χ4v) is 4.50. The van der Waals surface area contributed by atoms with E-state index in [4.69, 9.17) is 4.74 Å². The fourth-order valence-electron chi connectivity index (χ4n) is 3.22. The summed E-state index contributed by atoms with van der Waals surface area (Å²) in [6.45, 7) is 10.9. The molecule has 2 fully saturated rings. The van der Waals surface area contributed by atoms with Crippen LogP contribution in [0.25, 0.3) is 0 Å². The lowest BCUT2D eigenvalue weighted by Gasteiger charge is -2.52. The molecule has 1 heterocycles. The molecular formula is C18H35N3O2S. The Kier molecular flexibility index (Phi) is 7.25. The van der Waals surface area contributed by atoms with Crippen LogP contribution < -0.4 is 10.6 Å². The third-order valence-electron chi connectivity index (χ3n) is 5.26. The van der Waals surface area contributed by atoms with Crippen molar-refractivity contribution in [1.29, 1.82) is 0 Å². The van der Waals surface area contributed by atoms with E-state index in [1.165, 1.54) is 6.42 Å². The van der Waals surface area contributed by atoms with E-state index in [9.17, 15) is 5.11 Å². The molecule has 0 aromatic carbocycles. The first-order valence-electron chi connectivity index (χ1n) is 9.38. The predicted molar refractivity (Wildman–Crippen MR) is 103 cm³/mol. The molecule has 2 aliphatic rings. The molecule has 0 bridgehead atoms. The lowest BCUT2D eigenvalue weighted by molar-refractivity contribution is -0.113. The average molecular weight is 358 g/mol. The summed E-state index contributed by atoms with van der Waals surface area (Å²) in [7, 11) is 0. The van der Waals surface area contributed by atoms with Gasteiger partial charge in [-0.15, -0.1) is 0 Å². The third kappa shape index (κ3) is 5.02. The van der Waals surface area contributed by atoms with Crippen LogP contribution in [-0.4, -0.2) is 60.0 Å². The highest BCUT2D eigenvalue weighted by atomic mass is 32.2. The average Bonchev–Trinajstić information content (AvgIpc) is 2.98. The minimum absolute atomic E-state index is 0.101. The minimum atomic E-state index is -0.631. The van der Waals surface area contributed by atoms with Gasteiger partial charge in [-0.2, -0.15) is 11.8 Å². The highest BCUT2D eigenvalue weighted by molar-refractivity contribution is 7.99. The van der Waals surface area contributed by atoms with Gasteiger partial charge in [0.05, 0.1) is 18.2 Å². The van der Waals surface area contributed by atoms with E-state index in [-0.39, 0.29) is 5.41 Å². The Labute approximate surface area is 151 Å². The Morgan fingerprint density at radius 2 is 2.17 bits per heavy atom. The minimum Gasteiger partial charge on any atom is -0.387 e. The molecule has 5 nitrogen and oxygen atoms in total. The van der Waals surface area contributed by atoms with Crippen LogP contribution in [0, 0.1) is 5.41 Å². The van der Waals surface area contributed by atoms with Crippen LogP contribution in [0.15, 0.2) is 4.99 Å². The molecule has 0 aromatic rings. The number of hydrogen-bond acceptors (Lipinski definition) is 4. The van der Waals surface area contributed by atoms with E-state index in [0.29, 0.717) is 18.7 Å². The zero-order valence-corrected chi connectivity index (χ0v) is 16.5. The van der Waals surface area contributed by atoms with E-state index in [1.54, 1.807) is 0 Å². The van der Waals surface area contributed by atoms with Gasteiger partial charge >= 0.3 is 0 Å². The molecule has 0 spiro atoms. The van der Waals surface area contributed by atoms with Gasteiger partial charge in [0.25, 0.3) is 0 Å². The smallest absolute Gasteiger partial charge is 0.191 e. The first-order chi connectivity index (χ1) is 11.4. The van der Waals surface area contributed by atoms with Crippen LogP contribution >= 0.6 is 11.8 Å². The molecule has 1 saturated carbocycles. The Bertz CT molecular complexity index is 422. The summed E-state index contributed by atoms with van der Waals surface area (Å²) < 4.78 is 6.02. The fraction of sp³-hybridized carbons (Fsp3) is 0.944. The number of hydrogen-bond donors (Lipinski definition) is 3. The highest BCUT2D eigenvalue weighted by Crippen LogP contribution is 2.42. The van der Waals surface area contributed by atoms with E-state index in [0.717, 1.165) is 49.9 Å². The molecule has 6 heteroatoms. The monoisotopic (exact) mass is 357 g/mol. The Balaban J connectivity index is 1.86. The molecule has 1 saturated heterocycles. The molecule has 3 unspecified atom stereocenters. The number of ether oxygens (including phenoxy) is 1. The topological polar surface area (TPSA) is 65.9 Å². The third-order valence-corrected chi connectivity index (χ3v) is 6.50. The predicted octanol–water partition coefficient (Wildman–Crippen LogP) is 2.39. The van der Waals surface area contributed by atoms with Crippen LogP contribution in [0.3, 0.4) is 0 Å². The van der Waals surface area contributed by atoms with Crippen molar-refractivity contribution in [2.75, 3.05) is 31.2 Å². The van der Waals surface area contributed by atoms with Gasteiger partial charge in [0, 0.05) is 30.4 Å². The maximum atomic E-state index is 10.5. The van der Waals surface area contributed by atoms with Gasteiger partial charge in [0.15, 0.2) is 5.96 Å². The number of rotatable bonds is 8. The van der Waals surface area contributed by atoms with Crippen molar-refractivity contribution in [1.82, 2.24) is 10.6 Å². The van der Waals surface area contributed by atoms with Crippen LogP contribution in [0.4, 0.5) is 0 Å². The van der Waals surface area contributed by atoms with Crippen molar-refractivity contribution >= 4 is 17.7 Å². The lowest BCUT2D eigenvalue weighted by atomic mass is 9.64. The Morgan fingerprint density at radius 3 is 2.75 bits per heavy atom. The standard InChI is InChI=1S/C18H35N3O2S/c1-5-7-9-23-15-11-14(17(15,3)4)21-16(19-6-2)20-12-18(22)8-10-24-13-18/h14-15,22H,5-13H2,1-4H3,(H2,19,20,21). The van der Waals surface area contributed by atoms with Gasteiger partial charge in [0.2, 0.25) is 0 Å². The van der Waals surface area contributed by atoms with Crippen molar-refractivity contribution in [2.24, 2.45) is 10.4 Å². The largest absolute Gasteiger partial charge is 0.387 e. The van der Waals surface area contributed by atoms with Crippen molar-refractivity contribution in [2.45, 2.75) is 71.1 Å². The molecule has 1 aliphatic heterocycles. The van der Waals surface area contributed by atoms with Gasteiger partial charge in [-0.05, 0) is 31.9 Å².